The third-order valence-electron chi connectivity index (χ3n) is 1.96. The highest BCUT2D eigenvalue weighted by Gasteiger charge is 2.08. The second-order valence-electron chi connectivity index (χ2n) is 2.80. The van der Waals surface area contributed by atoms with E-state index in [9.17, 15) is 4.79 Å². The number of hydrogen-bond acceptors (Lipinski definition) is 4. The summed E-state index contributed by atoms with van der Waals surface area (Å²) in [6.45, 7) is 3.03. The highest BCUT2D eigenvalue weighted by molar-refractivity contribution is 5.75. The van der Waals surface area contributed by atoms with Gasteiger partial charge in [-0.25, -0.2) is 0 Å². The van der Waals surface area contributed by atoms with Crippen molar-refractivity contribution in [2.24, 2.45) is 0 Å². The highest BCUT2D eigenvalue weighted by atomic mass is 16.5. The number of carbonyl (C=O) groups is 1. The van der Waals surface area contributed by atoms with Gasteiger partial charge in [0.1, 0.15) is 6.54 Å². The summed E-state index contributed by atoms with van der Waals surface area (Å²) in [5.41, 5.74) is 0.980. The minimum Gasteiger partial charge on any atom is -0.468 e. The molecule has 0 spiro atoms. The number of ether oxygens (including phenoxy) is 1. The van der Waals surface area contributed by atoms with E-state index in [1.165, 1.54) is 7.11 Å². The van der Waals surface area contributed by atoms with Crippen molar-refractivity contribution in [3.63, 3.8) is 0 Å². The molecule has 4 heteroatoms. The van der Waals surface area contributed by atoms with E-state index >= 15 is 0 Å². The summed E-state index contributed by atoms with van der Waals surface area (Å²) in [5.74, 6) is -0.233. The van der Waals surface area contributed by atoms with E-state index in [1.807, 2.05) is 24.0 Å². The molecule has 14 heavy (non-hydrogen) atoms. The number of likely N-dealkylation sites (N-methyl/N-ethyl adjacent to an activating group) is 1. The Kier molecular flexibility index (Phi) is 3.91. The van der Waals surface area contributed by atoms with Crippen LogP contribution in [0.1, 0.15) is 6.92 Å². The fourth-order valence-corrected chi connectivity index (χ4v) is 1.16. The number of methoxy groups -OCH3 is 1. The van der Waals surface area contributed by atoms with Crippen LogP contribution in [-0.2, 0) is 9.53 Å². The van der Waals surface area contributed by atoms with E-state index in [2.05, 4.69) is 9.72 Å². The van der Waals surface area contributed by atoms with Crippen LogP contribution < -0.4 is 4.90 Å². The second kappa shape index (κ2) is 5.21. The van der Waals surface area contributed by atoms with Crippen LogP contribution >= 0.6 is 0 Å². The number of nitrogens with zero attached hydrogens (tertiary/aromatic N) is 2. The van der Waals surface area contributed by atoms with Gasteiger partial charge < -0.3 is 9.64 Å². The first-order chi connectivity index (χ1) is 6.77. The first-order valence-corrected chi connectivity index (χ1v) is 4.49. The third-order valence-corrected chi connectivity index (χ3v) is 1.96. The molecule has 0 aliphatic rings. The van der Waals surface area contributed by atoms with Gasteiger partial charge in [0.2, 0.25) is 0 Å². The number of hydrogen-bond donors (Lipinski definition) is 0. The summed E-state index contributed by atoms with van der Waals surface area (Å²) >= 11 is 0. The molecular weight excluding hydrogens is 180 g/mol. The van der Waals surface area contributed by atoms with Crippen LogP contribution in [0, 0.1) is 0 Å². The van der Waals surface area contributed by atoms with Crippen LogP contribution in [0.4, 0.5) is 5.69 Å². The number of anilines is 1. The Morgan fingerprint density at radius 2 is 2.14 bits per heavy atom. The molecule has 1 aromatic rings. The van der Waals surface area contributed by atoms with Crippen molar-refractivity contribution >= 4 is 11.7 Å². The normalized spacial score (nSPS) is 9.57. The summed E-state index contributed by atoms with van der Waals surface area (Å²) in [6, 6.07) is 3.74. The first-order valence-electron chi connectivity index (χ1n) is 4.49. The Labute approximate surface area is 83.5 Å². The summed E-state index contributed by atoms with van der Waals surface area (Å²) in [4.78, 5) is 16.9. The molecule has 1 aromatic heterocycles. The lowest BCUT2D eigenvalue weighted by Crippen LogP contribution is -2.30. The van der Waals surface area contributed by atoms with Crippen molar-refractivity contribution in [3.8, 4) is 0 Å². The predicted octanol–water partition coefficient (Wildman–Crippen LogP) is 1.08. The van der Waals surface area contributed by atoms with Gasteiger partial charge in [0, 0.05) is 24.6 Å². The quantitative estimate of drug-likeness (QED) is 0.673. The lowest BCUT2D eigenvalue weighted by atomic mass is 10.3. The predicted molar refractivity (Wildman–Crippen MR) is 54.1 cm³/mol. The molecule has 0 saturated heterocycles. The number of pyridine rings is 1. The number of carbonyl (C=O) groups excluding carboxylic acids is 1. The van der Waals surface area contributed by atoms with Crippen LogP contribution in [-0.4, -0.2) is 31.2 Å². The van der Waals surface area contributed by atoms with Crippen LogP contribution in [0.3, 0.4) is 0 Å². The van der Waals surface area contributed by atoms with Gasteiger partial charge in [-0.3, -0.25) is 9.78 Å². The molecular formula is C10H14N2O2. The molecule has 0 unspecified atom stereocenters. The van der Waals surface area contributed by atoms with E-state index in [0.717, 1.165) is 12.2 Å². The lowest BCUT2D eigenvalue weighted by Gasteiger charge is -2.20. The maximum Gasteiger partial charge on any atom is 0.325 e. The maximum absolute atomic E-state index is 11.1. The van der Waals surface area contributed by atoms with Gasteiger partial charge in [-0.05, 0) is 19.1 Å². The van der Waals surface area contributed by atoms with Gasteiger partial charge in [-0.1, -0.05) is 0 Å². The van der Waals surface area contributed by atoms with Gasteiger partial charge in [0.25, 0.3) is 0 Å². The zero-order valence-corrected chi connectivity index (χ0v) is 8.43. The average molecular weight is 194 g/mol. The fourth-order valence-electron chi connectivity index (χ4n) is 1.16. The van der Waals surface area contributed by atoms with Crippen LogP contribution in [0.25, 0.3) is 0 Å². The van der Waals surface area contributed by atoms with Crippen molar-refractivity contribution in [2.45, 2.75) is 6.92 Å². The van der Waals surface area contributed by atoms with E-state index in [4.69, 9.17) is 0 Å². The monoisotopic (exact) mass is 194 g/mol. The Hall–Kier alpha value is -1.58. The van der Waals surface area contributed by atoms with Crippen LogP contribution in [0.15, 0.2) is 24.5 Å². The number of rotatable bonds is 4. The Morgan fingerprint density at radius 1 is 1.50 bits per heavy atom. The van der Waals surface area contributed by atoms with E-state index in [0.29, 0.717) is 0 Å². The zero-order valence-electron chi connectivity index (χ0n) is 8.43. The highest BCUT2D eigenvalue weighted by Crippen LogP contribution is 2.10. The molecule has 76 valence electrons. The molecule has 0 aliphatic carbocycles. The molecule has 1 heterocycles. The van der Waals surface area contributed by atoms with Crippen molar-refractivity contribution in [3.05, 3.63) is 24.5 Å². The van der Waals surface area contributed by atoms with Crippen molar-refractivity contribution in [1.82, 2.24) is 4.98 Å². The lowest BCUT2D eigenvalue weighted by molar-refractivity contribution is -0.138. The SMILES string of the molecule is CCN(CC(=O)OC)c1ccncc1. The standard InChI is InChI=1S/C10H14N2O2/c1-3-12(8-10(13)14-2)9-4-6-11-7-5-9/h4-7H,3,8H2,1-2H3. The first kappa shape index (κ1) is 10.5. The number of esters is 1. The summed E-state index contributed by atoms with van der Waals surface area (Å²) in [7, 11) is 1.39. The van der Waals surface area contributed by atoms with E-state index < -0.39 is 0 Å². The minimum absolute atomic E-state index is 0.233. The molecule has 1 rings (SSSR count). The molecule has 0 radical (unpaired) electrons. The van der Waals surface area contributed by atoms with Crippen molar-refractivity contribution < 1.29 is 9.53 Å². The van der Waals surface area contributed by atoms with E-state index in [-0.39, 0.29) is 12.5 Å². The molecule has 0 aromatic carbocycles. The maximum atomic E-state index is 11.1. The molecule has 0 fully saturated rings. The fraction of sp³-hybridized carbons (Fsp3) is 0.400. The van der Waals surface area contributed by atoms with Crippen LogP contribution in [0.5, 0.6) is 0 Å². The van der Waals surface area contributed by atoms with Gasteiger partial charge in [0.05, 0.1) is 7.11 Å². The average Bonchev–Trinajstić information content (AvgIpc) is 2.26. The van der Waals surface area contributed by atoms with Crippen molar-refractivity contribution in [1.29, 1.82) is 0 Å². The smallest absolute Gasteiger partial charge is 0.325 e. The van der Waals surface area contributed by atoms with Crippen molar-refractivity contribution in [2.75, 3.05) is 25.1 Å². The summed E-state index contributed by atoms with van der Waals surface area (Å²) < 4.78 is 4.61. The molecule has 0 amide bonds. The summed E-state index contributed by atoms with van der Waals surface area (Å²) in [6.07, 6.45) is 3.41. The van der Waals surface area contributed by atoms with Gasteiger partial charge >= 0.3 is 5.97 Å². The molecule has 0 aliphatic heterocycles. The molecule has 4 nitrogen and oxygen atoms in total. The molecule has 0 saturated carbocycles. The Morgan fingerprint density at radius 3 is 2.64 bits per heavy atom. The van der Waals surface area contributed by atoms with E-state index in [1.54, 1.807) is 12.4 Å². The minimum atomic E-state index is -0.233. The number of aromatic nitrogens is 1. The zero-order chi connectivity index (χ0) is 10.4. The summed E-state index contributed by atoms with van der Waals surface area (Å²) in [5, 5.41) is 0. The van der Waals surface area contributed by atoms with Gasteiger partial charge in [0.15, 0.2) is 0 Å². The van der Waals surface area contributed by atoms with Gasteiger partial charge in [-0.15, -0.1) is 0 Å². The molecule has 0 bridgehead atoms. The van der Waals surface area contributed by atoms with Gasteiger partial charge in [-0.2, -0.15) is 0 Å². The largest absolute Gasteiger partial charge is 0.468 e. The third kappa shape index (κ3) is 2.73. The molecule has 0 N–H and O–H groups in total. The molecule has 0 atom stereocenters. The Balaban J connectivity index is 2.68. The second-order valence-corrected chi connectivity index (χ2v) is 2.80. The van der Waals surface area contributed by atoms with Crippen LogP contribution in [0.2, 0.25) is 0 Å². The Bertz CT molecular complexity index is 287. The topological polar surface area (TPSA) is 42.4 Å².